The lowest BCUT2D eigenvalue weighted by molar-refractivity contribution is -0.143. The van der Waals surface area contributed by atoms with Gasteiger partial charge in [0, 0.05) is 12.1 Å². The van der Waals surface area contributed by atoms with Crippen molar-refractivity contribution in [3.63, 3.8) is 0 Å². The molecule has 0 unspecified atom stereocenters. The summed E-state index contributed by atoms with van der Waals surface area (Å²) in [5.41, 5.74) is -0.477. The largest absolute Gasteiger partial charge is 0.475 e. The minimum atomic E-state index is -4.56. The van der Waals surface area contributed by atoms with Gasteiger partial charge in [-0.15, -0.1) is 0 Å². The molecule has 1 amide bonds. The highest BCUT2D eigenvalue weighted by Crippen LogP contribution is 2.20. The normalized spacial score (nSPS) is 11.7. The molecule has 0 aliphatic rings. The predicted molar refractivity (Wildman–Crippen MR) is 55.7 cm³/mol. The molecule has 0 aliphatic carbocycles. The second-order valence-electron chi connectivity index (χ2n) is 4.02. The van der Waals surface area contributed by atoms with Crippen LogP contribution in [0.15, 0.2) is 10.6 Å². The maximum Gasteiger partial charge on any atom is 0.406 e. The molecule has 106 valence electrons. The first-order chi connectivity index (χ1) is 8.61. The molecule has 0 saturated heterocycles. The van der Waals surface area contributed by atoms with Gasteiger partial charge in [0.2, 0.25) is 5.76 Å². The van der Waals surface area contributed by atoms with E-state index in [9.17, 15) is 22.8 Å². The van der Waals surface area contributed by atoms with Crippen LogP contribution < -0.4 is 0 Å². The molecule has 19 heavy (non-hydrogen) atoms. The summed E-state index contributed by atoms with van der Waals surface area (Å²) >= 11 is 0. The minimum Gasteiger partial charge on any atom is -0.475 e. The van der Waals surface area contributed by atoms with Gasteiger partial charge in [0.25, 0.3) is 5.91 Å². The molecule has 0 aliphatic heterocycles. The van der Waals surface area contributed by atoms with Crippen LogP contribution in [0.4, 0.5) is 13.2 Å². The molecule has 0 aromatic carbocycles. The van der Waals surface area contributed by atoms with Gasteiger partial charge in [0.05, 0.1) is 0 Å². The molecule has 1 rings (SSSR count). The highest BCUT2D eigenvalue weighted by atomic mass is 19.4. The summed E-state index contributed by atoms with van der Waals surface area (Å²) in [5.74, 6) is -3.11. The lowest BCUT2D eigenvalue weighted by atomic mass is 10.2. The predicted octanol–water partition coefficient (Wildman–Crippen LogP) is 1.79. The van der Waals surface area contributed by atoms with E-state index in [-0.39, 0.29) is 0 Å². The molecule has 1 heterocycles. The van der Waals surface area contributed by atoms with E-state index in [4.69, 9.17) is 5.11 Å². The van der Waals surface area contributed by atoms with Crippen LogP contribution in [0.25, 0.3) is 0 Å². The Morgan fingerprint density at radius 3 is 2.42 bits per heavy atom. The van der Waals surface area contributed by atoms with Crippen molar-refractivity contribution in [2.75, 3.05) is 6.54 Å². The van der Waals surface area contributed by atoms with Crippen LogP contribution in [0.3, 0.4) is 0 Å². The van der Waals surface area contributed by atoms with E-state index in [1.54, 1.807) is 0 Å². The van der Waals surface area contributed by atoms with Crippen LogP contribution >= 0.6 is 0 Å². The van der Waals surface area contributed by atoms with Crippen LogP contribution in [0, 0.1) is 0 Å². The van der Waals surface area contributed by atoms with E-state index in [1.165, 1.54) is 13.8 Å². The van der Waals surface area contributed by atoms with E-state index in [1.807, 2.05) is 0 Å². The highest BCUT2D eigenvalue weighted by Gasteiger charge is 2.35. The molecule has 0 bridgehead atoms. The lowest BCUT2D eigenvalue weighted by Gasteiger charge is -2.26. The quantitative estimate of drug-likeness (QED) is 0.908. The topological polar surface area (TPSA) is 83.6 Å². The Morgan fingerprint density at radius 1 is 1.47 bits per heavy atom. The number of carbonyl (C=O) groups excluding carboxylic acids is 1. The van der Waals surface area contributed by atoms with Crippen LogP contribution in [-0.4, -0.2) is 45.8 Å². The first-order valence-electron chi connectivity index (χ1n) is 5.19. The third-order valence-electron chi connectivity index (χ3n) is 2.17. The summed E-state index contributed by atoms with van der Waals surface area (Å²) in [7, 11) is 0. The van der Waals surface area contributed by atoms with Crippen molar-refractivity contribution in [2.45, 2.75) is 26.1 Å². The van der Waals surface area contributed by atoms with Gasteiger partial charge in [-0.1, -0.05) is 5.16 Å². The van der Waals surface area contributed by atoms with E-state index in [0.29, 0.717) is 4.90 Å². The highest BCUT2D eigenvalue weighted by molar-refractivity contribution is 5.95. The summed E-state index contributed by atoms with van der Waals surface area (Å²) in [6.45, 7) is 1.36. The first kappa shape index (κ1) is 15.0. The van der Waals surface area contributed by atoms with Crippen LogP contribution in [0.2, 0.25) is 0 Å². The summed E-state index contributed by atoms with van der Waals surface area (Å²) in [4.78, 5) is 22.9. The van der Waals surface area contributed by atoms with Crippen molar-refractivity contribution in [1.29, 1.82) is 0 Å². The molecule has 9 heteroatoms. The zero-order valence-electron chi connectivity index (χ0n) is 10.1. The number of hydrogen-bond donors (Lipinski definition) is 1. The Kier molecular flexibility index (Phi) is 4.17. The van der Waals surface area contributed by atoms with Gasteiger partial charge < -0.3 is 14.5 Å². The third kappa shape index (κ3) is 3.97. The number of aromatic carboxylic acids is 1. The molecule has 1 aromatic heterocycles. The van der Waals surface area contributed by atoms with Gasteiger partial charge in [-0.2, -0.15) is 13.2 Å². The SMILES string of the molecule is CC(C)N(CC(F)(F)F)C(=O)c1cc(C(=O)O)on1. The molecule has 1 N–H and O–H groups in total. The standard InChI is InChI=1S/C10H11F3N2O4/c1-5(2)15(4-10(11,12)13)8(16)6-3-7(9(17)18)19-14-6/h3,5H,4H2,1-2H3,(H,17,18). The Hall–Kier alpha value is -2.06. The number of halogens is 3. The summed E-state index contributed by atoms with van der Waals surface area (Å²) in [5, 5.41) is 11.7. The minimum absolute atomic E-state index is 0.477. The molecule has 1 aromatic rings. The number of rotatable bonds is 4. The molecule has 0 radical (unpaired) electrons. The third-order valence-corrected chi connectivity index (χ3v) is 2.17. The molecular weight excluding hydrogens is 269 g/mol. The van der Waals surface area contributed by atoms with Gasteiger partial charge in [0.1, 0.15) is 6.54 Å². The second-order valence-corrected chi connectivity index (χ2v) is 4.02. The van der Waals surface area contributed by atoms with Crippen molar-refractivity contribution in [1.82, 2.24) is 10.1 Å². The number of nitrogens with zero attached hydrogens (tertiary/aromatic N) is 2. The first-order valence-corrected chi connectivity index (χ1v) is 5.19. The number of alkyl halides is 3. The van der Waals surface area contributed by atoms with Crippen molar-refractivity contribution in [3.05, 3.63) is 17.5 Å². The Balaban J connectivity index is 2.96. The van der Waals surface area contributed by atoms with E-state index < -0.39 is 42.1 Å². The Bertz CT molecular complexity index is 481. The van der Waals surface area contributed by atoms with E-state index >= 15 is 0 Å². The van der Waals surface area contributed by atoms with Gasteiger partial charge >= 0.3 is 12.1 Å². The monoisotopic (exact) mass is 280 g/mol. The van der Waals surface area contributed by atoms with Gasteiger partial charge in [0.15, 0.2) is 5.69 Å². The lowest BCUT2D eigenvalue weighted by Crippen LogP contribution is -2.43. The summed E-state index contributed by atoms with van der Waals surface area (Å²) < 4.78 is 41.4. The molecule has 0 fully saturated rings. The van der Waals surface area contributed by atoms with Crippen LogP contribution in [0.5, 0.6) is 0 Å². The van der Waals surface area contributed by atoms with Crippen molar-refractivity contribution >= 4 is 11.9 Å². The second kappa shape index (κ2) is 5.29. The average molecular weight is 280 g/mol. The van der Waals surface area contributed by atoms with Crippen molar-refractivity contribution in [2.24, 2.45) is 0 Å². The molecular formula is C10H11F3N2O4. The van der Waals surface area contributed by atoms with Crippen LogP contribution in [0.1, 0.15) is 34.9 Å². The fourth-order valence-corrected chi connectivity index (χ4v) is 1.31. The number of hydrogen-bond acceptors (Lipinski definition) is 4. The zero-order valence-corrected chi connectivity index (χ0v) is 10.1. The maximum atomic E-state index is 12.3. The molecule has 0 atom stereocenters. The van der Waals surface area contributed by atoms with Crippen molar-refractivity contribution < 1.29 is 32.4 Å². The number of carboxylic acid groups (broad SMARTS) is 1. The van der Waals surface area contributed by atoms with E-state index in [0.717, 1.165) is 6.07 Å². The fourth-order valence-electron chi connectivity index (χ4n) is 1.31. The Morgan fingerprint density at radius 2 is 2.05 bits per heavy atom. The number of carboxylic acids is 1. The molecule has 6 nitrogen and oxygen atoms in total. The maximum absolute atomic E-state index is 12.3. The summed E-state index contributed by atoms with van der Waals surface area (Å²) in [6.07, 6.45) is -4.56. The number of carbonyl (C=O) groups is 2. The molecule has 0 saturated carbocycles. The smallest absolute Gasteiger partial charge is 0.406 e. The van der Waals surface area contributed by atoms with Crippen molar-refractivity contribution in [3.8, 4) is 0 Å². The van der Waals surface area contributed by atoms with Gasteiger partial charge in [-0.25, -0.2) is 4.79 Å². The fraction of sp³-hybridized carbons (Fsp3) is 0.500. The zero-order chi connectivity index (χ0) is 14.8. The number of aromatic nitrogens is 1. The van der Waals surface area contributed by atoms with Gasteiger partial charge in [-0.3, -0.25) is 4.79 Å². The van der Waals surface area contributed by atoms with Gasteiger partial charge in [-0.05, 0) is 13.8 Å². The molecule has 0 spiro atoms. The van der Waals surface area contributed by atoms with Crippen LogP contribution in [-0.2, 0) is 0 Å². The van der Waals surface area contributed by atoms with E-state index in [2.05, 4.69) is 9.68 Å². The number of amides is 1. The Labute approximate surface area is 105 Å². The average Bonchev–Trinajstić information content (AvgIpc) is 2.72. The summed E-state index contributed by atoms with van der Waals surface area (Å²) in [6, 6.07) is 0.0651.